The summed E-state index contributed by atoms with van der Waals surface area (Å²) in [6.45, 7) is 0. The van der Waals surface area contributed by atoms with E-state index in [2.05, 4.69) is 10.6 Å². The third-order valence-corrected chi connectivity index (χ3v) is 4.74. The second-order valence-corrected chi connectivity index (χ2v) is 7.05. The Hall–Kier alpha value is -3.52. The van der Waals surface area contributed by atoms with Crippen LogP contribution in [0.2, 0.25) is 0 Å². The van der Waals surface area contributed by atoms with Gasteiger partial charge in [-0.25, -0.2) is 4.79 Å². The molecule has 0 saturated carbocycles. The van der Waals surface area contributed by atoms with E-state index in [0.29, 0.717) is 11.4 Å². The second-order valence-electron chi connectivity index (χ2n) is 5.50. The largest absolute Gasteiger partial charge is 0.508 e. The van der Waals surface area contributed by atoms with Gasteiger partial charge in [0.25, 0.3) is 0 Å². The number of amides is 2. The van der Waals surface area contributed by atoms with Crippen molar-refractivity contribution in [1.82, 2.24) is 0 Å². The van der Waals surface area contributed by atoms with Crippen LogP contribution in [0.4, 0.5) is 16.2 Å². The number of anilines is 2. The molecule has 0 aliphatic heterocycles. The third-order valence-electron chi connectivity index (χ3n) is 3.48. The predicted octanol–water partition coefficient (Wildman–Crippen LogP) is 3.80. The molecule has 27 heavy (non-hydrogen) atoms. The van der Waals surface area contributed by atoms with E-state index in [-0.39, 0.29) is 16.4 Å². The molecule has 0 spiro atoms. The number of urea groups is 1. The molecule has 0 atom stereocenters. The van der Waals surface area contributed by atoms with Crippen LogP contribution < -0.4 is 14.8 Å². The molecule has 138 valence electrons. The van der Waals surface area contributed by atoms with Crippen molar-refractivity contribution in [2.75, 3.05) is 10.6 Å². The van der Waals surface area contributed by atoms with E-state index in [1.54, 1.807) is 30.3 Å². The highest BCUT2D eigenvalue weighted by Crippen LogP contribution is 2.21. The summed E-state index contributed by atoms with van der Waals surface area (Å²) in [5.74, 6) is 0.227. The molecule has 0 saturated heterocycles. The fraction of sp³-hybridized carbons (Fsp3) is 0. The van der Waals surface area contributed by atoms with Gasteiger partial charge < -0.3 is 19.9 Å². The lowest BCUT2D eigenvalue weighted by molar-refractivity contribution is 0.262. The molecule has 0 aromatic heterocycles. The fourth-order valence-electron chi connectivity index (χ4n) is 2.19. The topological polar surface area (TPSA) is 105 Å². The van der Waals surface area contributed by atoms with E-state index in [1.807, 2.05) is 0 Å². The Balaban J connectivity index is 1.61. The first kappa shape index (κ1) is 18.3. The van der Waals surface area contributed by atoms with E-state index in [0.717, 1.165) is 0 Å². The lowest BCUT2D eigenvalue weighted by Crippen LogP contribution is -2.19. The SMILES string of the molecule is O=C(Nc1ccc(O)cc1)Nc1ccc(OS(=O)(=O)c2ccccc2)cc1. The second kappa shape index (κ2) is 7.79. The van der Waals surface area contributed by atoms with Gasteiger partial charge in [0.1, 0.15) is 16.4 Å². The first-order chi connectivity index (χ1) is 12.9. The number of benzene rings is 3. The molecule has 0 aliphatic rings. The van der Waals surface area contributed by atoms with Crippen molar-refractivity contribution in [3.05, 3.63) is 78.9 Å². The van der Waals surface area contributed by atoms with Crippen LogP contribution in [0.15, 0.2) is 83.8 Å². The zero-order valence-electron chi connectivity index (χ0n) is 14.0. The van der Waals surface area contributed by atoms with E-state index in [1.165, 1.54) is 48.5 Å². The molecule has 0 unspecified atom stereocenters. The van der Waals surface area contributed by atoms with Gasteiger partial charge in [0.05, 0.1) is 0 Å². The molecule has 3 N–H and O–H groups in total. The van der Waals surface area contributed by atoms with Crippen molar-refractivity contribution < 1.29 is 22.5 Å². The summed E-state index contributed by atoms with van der Waals surface area (Å²) in [6, 6.07) is 19.3. The Morgan fingerprint density at radius 3 is 1.85 bits per heavy atom. The Morgan fingerprint density at radius 1 is 0.778 bits per heavy atom. The Labute approximate surface area is 156 Å². The summed E-state index contributed by atoms with van der Waals surface area (Å²) in [6.07, 6.45) is 0. The summed E-state index contributed by atoms with van der Waals surface area (Å²) < 4.78 is 29.4. The minimum Gasteiger partial charge on any atom is -0.508 e. The number of phenolic OH excluding ortho intramolecular Hbond substituents is 1. The van der Waals surface area contributed by atoms with Crippen LogP contribution in [0, 0.1) is 0 Å². The Bertz CT molecular complexity index is 1020. The lowest BCUT2D eigenvalue weighted by Gasteiger charge is -2.09. The van der Waals surface area contributed by atoms with Gasteiger partial charge in [0.15, 0.2) is 0 Å². The highest BCUT2D eigenvalue weighted by atomic mass is 32.2. The molecule has 0 radical (unpaired) electrons. The molecule has 3 aromatic rings. The minimum absolute atomic E-state index is 0.0560. The van der Waals surface area contributed by atoms with Crippen LogP contribution in [0.5, 0.6) is 11.5 Å². The third kappa shape index (κ3) is 4.99. The molecule has 3 aromatic carbocycles. The van der Waals surface area contributed by atoms with Crippen LogP contribution >= 0.6 is 0 Å². The first-order valence-corrected chi connectivity index (χ1v) is 9.30. The number of hydrogen-bond acceptors (Lipinski definition) is 5. The molecule has 0 heterocycles. The maximum absolute atomic E-state index is 12.2. The van der Waals surface area contributed by atoms with Gasteiger partial charge in [-0.2, -0.15) is 8.42 Å². The number of hydrogen-bond donors (Lipinski definition) is 3. The summed E-state index contributed by atoms with van der Waals surface area (Å²) in [5.41, 5.74) is 0.968. The molecular formula is C19H16N2O5S. The monoisotopic (exact) mass is 384 g/mol. The zero-order valence-corrected chi connectivity index (χ0v) is 14.8. The smallest absolute Gasteiger partial charge is 0.339 e. The number of aromatic hydroxyl groups is 1. The lowest BCUT2D eigenvalue weighted by atomic mass is 10.3. The molecule has 2 amide bonds. The predicted molar refractivity (Wildman–Crippen MR) is 101 cm³/mol. The van der Waals surface area contributed by atoms with Crippen LogP contribution in [0.25, 0.3) is 0 Å². The van der Waals surface area contributed by atoms with E-state index < -0.39 is 16.1 Å². The number of carbonyl (C=O) groups is 1. The average Bonchev–Trinajstić information content (AvgIpc) is 2.66. The molecular weight excluding hydrogens is 368 g/mol. The Morgan fingerprint density at radius 2 is 1.30 bits per heavy atom. The van der Waals surface area contributed by atoms with Crippen molar-refractivity contribution in [3.63, 3.8) is 0 Å². The standard InChI is InChI=1S/C19H16N2O5S/c22-16-10-6-14(7-11-16)20-19(23)21-15-8-12-17(13-9-15)26-27(24,25)18-4-2-1-3-5-18/h1-13,22H,(H2,20,21,23). The summed E-state index contributed by atoms with van der Waals surface area (Å²) in [7, 11) is -3.91. The van der Waals surface area contributed by atoms with Gasteiger partial charge in [-0.3, -0.25) is 0 Å². The molecule has 0 fully saturated rings. The zero-order chi connectivity index (χ0) is 19.3. The molecule has 0 aliphatic carbocycles. The summed E-state index contributed by atoms with van der Waals surface area (Å²) >= 11 is 0. The molecule has 0 bridgehead atoms. The quantitative estimate of drug-likeness (QED) is 0.458. The van der Waals surface area contributed by atoms with Crippen LogP contribution in [-0.4, -0.2) is 19.6 Å². The van der Waals surface area contributed by atoms with Crippen molar-refractivity contribution >= 4 is 27.5 Å². The average molecular weight is 384 g/mol. The first-order valence-electron chi connectivity index (χ1n) is 7.89. The number of carbonyl (C=O) groups excluding carboxylic acids is 1. The van der Waals surface area contributed by atoms with Gasteiger partial charge in [0.2, 0.25) is 0 Å². The summed E-state index contributed by atoms with van der Waals surface area (Å²) in [5, 5.41) is 14.4. The number of rotatable bonds is 5. The van der Waals surface area contributed by atoms with Crippen molar-refractivity contribution in [1.29, 1.82) is 0 Å². The van der Waals surface area contributed by atoms with Crippen LogP contribution in [0.1, 0.15) is 0 Å². The van der Waals surface area contributed by atoms with E-state index in [4.69, 9.17) is 4.18 Å². The van der Waals surface area contributed by atoms with Crippen molar-refractivity contribution in [2.45, 2.75) is 4.90 Å². The minimum atomic E-state index is -3.91. The molecule has 3 rings (SSSR count). The van der Waals surface area contributed by atoms with Gasteiger partial charge in [-0.05, 0) is 60.7 Å². The van der Waals surface area contributed by atoms with Crippen molar-refractivity contribution in [3.8, 4) is 11.5 Å². The van der Waals surface area contributed by atoms with Gasteiger partial charge in [0, 0.05) is 11.4 Å². The normalized spacial score (nSPS) is 10.8. The van der Waals surface area contributed by atoms with Gasteiger partial charge >= 0.3 is 16.1 Å². The van der Waals surface area contributed by atoms with E-state index in [9.17, 15) is 18.3 Å². The van der Waals surface area contributed by atoms with Crippen LogP contribution in [-0.2, 0) is 10.1 Å². The van der Waals surface area contributed by atoms with E-state index >= 15 is 0 Å². The fourth-order valence-corrected chi connectivity index (χ4v) is 3.15. The molecule has 7 nitrogen and oxygen atoms in total. The van der Waals surface area contributed by atoms with Crippen LogP contribution in [0.3, 0.4) is 0 Å². The van der Waals surface area contributed by atoms with Gasteiger partial charge in [-0.15, -0.1) is 0 Å². The number of phenols is 1. The summed E-state index contributed by atoms with van der Waals surface area (Å²) in [4.78, 5) is 12.0. The maximum atomic E-state index is 12.2. The Kier molecular flexibility index (Phi) is 5.28. The highest BCUT2D eigenvalue weighted by Gasteiger charge is 2.15. The molecule has 8 heteroatoms. The van der Waals surface area contributed by atoms with Crippen molar-refractivity contribution in [2.24, 2.45) is 0 Å². The maximum Gasteiger partial charge on any atom is 0.339 e. The number of nitrogens with one attached hydrogen (secondary N) is 2. The van der Waals surface area contributed by atoms with Gasteiger partial charge in [-0.1, -0.05) is 18.2 Å². The highest BCUT2D eigenvalue weighted by molar-refractivity contribution is 7.87.